The molecule has 0 aliphatic carbocycles. The first-order valence-corrected chi connectivity index (χ1v) is 8.51. The number of hydrogen-bond acceptors (Lipinski definition) is 6. The zero-order valence-corrected chi connectivity index (χ0v) is 15.1. The maximum Gasteiger partial charge on any atom is 0.404 e. The lowest BCUT2D eigenvalue weighted by atomic mass is 10.1. The van der Waals surface area contributed by atoms with Crippen LogP contribution in [0.1, 0.15) is 31.3 Å². The lowest BCUT2D eigenvalue weighted by Gasteiger charge is -2.09. The van der Waals surface area contributed by atoms with E-state index in [1.807, 2.05) is 31.5 Å². The van der Waals surface area contributed by atoms with Gasteiger partial charge in [-0.25, -0.2) is 9.78 Å². The maximum absolute atomic E-state index is 11.0. The Kier molecular flexibility index (Phi) is 6.02. The second-order valence-electron chi connectivity index (χ2n) is 5.71. The number of non-ortho nitro benzene ring substituents is 1. The average Bonchev–Trinajstić information content (AvgIpc) is 2.84. The summed E-state index contributed by atoms with van der Waals surface area (Å²) in [6.45, 7) is 4.21. The zero-order chi connectivity index (χ0) is 18.6. The molecule has 1 heterocycles. The van der Waals surface area contributed by atoms with E-state index in [1.54, 1.807) is 6.07 Å². The number of rotatable bonds is 7. The smallest absolute Gasteiger partial charge is 0.404 e. The van der Waals surface area contributed by atoms with Crippen molar-refractivity contribution in [3.63, 3.8) is 0 Å². The van der Waals surface area contributed by atoms with E-state index < -0.39 is 11.0 Å². The monoisotopic (exact) mass is 364 g/mol. The number of imidazole rings is 1. The topological polar surface area (TPSA) is 113 Å². The summed E-state index contributed by atoms with van der Waals surface area (Å²) in [4.78, 5) is 26.6. The fourth-order valence-corrected chi connectivity index (χ4v) is 3.46. The number of carbonyl (C=O) groups is 1. The highest BCUT2D eigenvalue weighted by atomic mass is 32.2. The highest BCUT2D eigenvalue weighted by Crippen LogP contribution is 2.35. The number of aromatic nitrogens is 2. The minimum Gasteiger partial charge on any atom is -0.449 e. The molecule has 2 N–H and O–H groups in total. The summed E-state index contributed by atoms with van der Waals surface area (Å²) >= 11 is 1.42. The van der Waals surface area contributed by atoms with Crippen LogP contribution in [0.15, 0.2) is 34.2 Å². The number of nitro groups is 1. The van der Waals surface area contributed by atoms with Crippen LogP contribution in [0.4, 0.5) is 10.5 Å². The van der Waals surface area contributed by atoms with Gasteiger partial charge in [0.1, 0.15) is 17.5 Å². The van der Waals surface area contributed by atoms with Crippen LogP contribution in [0.5, 0.6) is 0 Å². The third-order valence-corrected chi connectivity index (χ3v) is 4.69. The van der Waals surface area contributed by atoms with Gasteiger partial charge in [0.2, 0.25) is 0 Å². The predicted molar refractivity (Wildman–Crippen MR) is 93.8 cm³/mol. The molecule has 0 saturated carbocycles. The lowest BCUT2D eigenvalue weighted by Crippen LogP contribution is -2.15. The van der Waals surface area contributed by atoms with Gasteiger partial charge in [-0.15, -0.1) is 0 Å². The standard InChI is InChI=1S/C16H20N4O4S/c1-10(2)14-15(19(3)13(18-14)7-8-24-16(17)21)25-12-6-4-5-11(9-12)20(22)23/h4-6,9-10H,7-8H2,1-3H3,(H2,17,21). The minimum absolute atomic E-state index is 0.0494. The Morgan fingerprint density at radius 3 is 2.80 bits per heavy atom. The second kappa shape index (κ2) is 8.02. The van der Waals surface area contributed by atoms with E-state index >= 15 is 0 Å². The van der Waals surface area contributed by atoms with Crippen LogP contribution in [0.3, 0.4) is 0 Å². The fraction of sp³-hybridized carbons (Fsp3) is 0.375. The zero-order valence-electron chi connectivity index (χ0n) is 14.3. The van der Waals surface area contributed by atoms with Gasteiger partial charge in [0, 0.05) is 30.5 Å². The van der Waals surface area contributed by atoms with Gasteiger partial charge in [-0.05, 0) is 12.0 Å². The summed E-state index contributed by atoms with van der Waals surface area (Å²) in [6, 6.07) is 6.49. The molecule has 0 atom stereocenters. The molecule has 8 nitrogen and oxygen atoms in total. The van der Waals surface area contributed by atoms with Crippen molar-refractivity contribution in [2.24, 2.45) is 12.8 Å². The molecule has 0 spiro atoms. The largest absolute Gasteiger partial charge is 0.449 e. The van der Waals surface area contributed by atoms with Gasteiger partial charge >= 0.3 is 6.09 Å². The lowest BCUT2D eigenvalue weighted by molar-refractivity contribution is -0.385. The quantitative estimate of drug-likeness (QED) is 0.596. The molecule has 25 heavy (non-hydrogen) atoms. The molecule has 0 unspecified atom stereocenters. The Labute approximate surface area is 149 Å². The van der Waals surface area contributed by atoms with E-state index in [0.717, 1.165) is 21.4 Å². The fourth-order valence-electron chi connectivity index (χ4n) is 2.29. The second-order valence-corrected chi connectivity index (χ2v) is 6.77. The number of nitrogens with two attached hydrogens (primary N) is 1. The van der Waals surface area contributed by atoms with E-state index in [9.17, 15) is 14.9 Å². The number of nitrogens with zero attached hydrogens (tertiary/aromatic N) is 3. The van der Waals surface area contributed by atoms with E-state index in [4.69, 9.17) is 10.5 Å². The van der Waals surface area contributed by atoms with Crippen molar-refractivity contribution in [2.45, 2.75) is 36.1 Å². The van der Waals surface area contributed by atoms with Crippen molar-refractivity contribution in [3.05, 3.63) is 45.9 Å². The first-order valence-electron chi connectivity index (χ1n) is 7.69. The Morgan fingerprint density at radius 1 is 1.48 bits per heavy atom. The van der Waals surface area contributed by atoms with Crippen molar-refractivity contribution in [1.82, 2.24) is 9.55 Å². The van der Waals surface area contributed by atoms with Gasteiger partial charge in [0.05, 0.1) is 10.6 Å². The Morgan fingerprint density at radius 2 is 2.20 bits per heavy atom. The summed E-state index contributed by atoms with van der Waals surface area (Å²) in [5.41, 5.74) is 5.92. The summed E-state index contributed by atoms with van der Waals surface area (Å²) in [6.07, 6.45) is -0.376. The number of ether oxygens (including phenoxy) is 1. The minimum atomic E-state index is -0.815. The molecular weight excluding hydrogens is 344 g/mol. The molecule has 0 bridgehead atoms. The molecular formula is C16H20N4O4S. The average molecular weight is 364 g/mol. The van der Waals surface area contributed by atoms with Crippen LogP contribution in [0, 0.1) is 10.1 Å². The van der Waals surface area contributed by atoms with E-state index in [-0.39, 0.29) is 18.2 Å². The highest BCUT2D eigenvalue weighted by molar-refractivity contribution is 7.99. The number of amides is 1. The van der Waals surface area contributed by atoms with Crippen LogP contribution in [0.2, 0.25) is 0 Å². The molecule has 1 aromatic heterocycles. The third kappa shape index (κ3) is 4.72. The number of benzene rings is 1. The van der Waals surface area contributed by atoms with Crippen molar-refractivity contribution >= 4 is 23.5 Å². The number of nitro benzene ring substituents is 1. The molecule has 0 aliphatic heterocycles. The SMILES string of the molecule is CC(C)c1nc(CCOC(N)=O)n(C)c1Sc1cccc([N+](=O)[O-])c1. The van der Waals surface area contributed by atoms with Crippen LogP contribution in [0.25, 0.3) is 0 Å². The molecule has 134 valence electrons. The number of carbonyl (C=O) groups excluding carboxylic acids is 1. The molecule has 0 aliphatic rings. The summed E-state index contributed by atoms with van der Waals surface area (Å²) < 4.78 is 6.69. The van der Waals surface area contributed by atoms with Gasteiger partial charge in [-0.1, -0.05) is 31.7 Å². The molecule has 0 saturated heterocycles. The summed E-state index contributed by atoms with van der Waals surface area (Å²) in [5.74, 6) is 0.941. The maximum atomic E-state index is 11.0. The van der Waals surface area contributed by atoms with Crippen LogP contribution < -0.4 is 5.73 Å². The molecule has 1 aromatic carbocycles. The Hall–Kier alpha value is -2.55. The van der Waals surface area contributed by atoms with Crippen molar-refractivity contribution in [2.75, 3.05) is 6.61 Å². The van der Waals surface area contributed by atoms with Gasteiger partial charge in [0.25, 0.3) is 5.69 Å². The third-order valence-electron chi connectivity index (χ3n) is 3.52. The first kappa shape index (κ1) is 18.8. The number of hydrogen-bond donors (Lipinski definition) is 1. The van der Waals surface area contributed by atoms with Crippen molar-refractivity contribution < 1.29 is 14.5 Å². The molecule has 2 aromatic rings. The van der Waals surface area contributed by atoms with Gasteiger partial charge in [0.15, 0.2) is 0 Å². The van der Waals surface area contributed by atoms with Crippen molar-refractivity contribution in [3.8, 4) is 0 Å². The molecule has 2 rings (SSSR count). The van der Waals surface area contributed by atoms with Crippen LogP contribution in [-0.2, 0) is 18.2 Å². The normalized spacial score (nSPS) is 10.9. The molecule has 1 amide bonds. The van der Waals surface area contributed by atoms with Gasteiger partial charge in [-0.3, -0.25) is 10.1 Å². The van der Waals surface area contributed by atoms with Crippen LogP contribution in [-0.4, -0.2) is 27.2 Å². The van der Waals surface area contributed by atoms with E-state index in [1.165, 1.54) is 23.9 Å². The first-order chi connectivity index (χ1) is 11.8. The van der Waals surface area contributed by atoms with E-state index in [2.05, 4.69) is 4.98 Å². The molecule has 0 radical (unpaired) electrons. The van der Waals surface area contributed by atoms with Crippen LogP contribution >= 0.6 is 11.8 Å². The Bertz CT molecular complexity index is 788. The molecule has 9 heteroatoms. The van der Waals surface area contributed by atoms with E-state index in [0.29, 0.717) is 6.42 Å². The number of primary amides is 1. The summed E-state index contributed by atoms with van der Waals surface area (Å²) in [7, 11) is 1.87. The predicted octanol–water partition coefficient (Wildman–Crippen LogP) is 3.24. The Balaban J connectivity index is 2.29. The highest BCUT2D eigenvalue weighted by Gasteiger charge is 2.19. The molecule has 0 fully saturated rings. The van der Waals surface area contributed by atoms with Gasteiger partial charge < -0.3 is 15.0 Å². The van der Waals surface area contributed by atoms with Crippen molar-refractivity contribution in [1.29, 1.82) is 0 Å². The summed E-state index contributed by atoms with van der Waals surface area (Å²) in [5, 5.41) is 11.9. The van der Waals surface area contributed by atoms with Gasteiger partial charge in [-0.2, -0.15) is 0 Å².